The molecule has 2 rings (SSSR count). The van der Waals surface area contributed by atoms with Gasteiger partial charge in [-0.15, -0.1) is 0 Å². The first kappa shape index (κ1) is 14.5. The zero-order valence-electron chi connectivity index (χ0n) is 12.3. The first-order chi connectivity index (χ1) is 8.67. The lowest BCUT2D eigenvalue weighted by Crippen LogP contribution is -2.40. The molecule has 1 aliphatic carbocycles. The van der Waals surface area contributed by atoms with Gasteiger partial charge < -0.3 is 10.4 Å². The van der Waals surface area contributed by atoms with E-state index in [1.165, 1.54) is 6.42 Å². The van der Waals surface area contributed by atoms with Crippen molar-refractivity contribution in [3.05, 3.63) is 23.2 Å². The summed E-state index contributed by atoms with van der Waals surface area (Å²) in [7, 11) is 0. The summed E-state index contributed by atoms with van der Waals surface area (Å²) in [5.74, 6) is 0.136. The monoisotopic (exact) mass is 281 g/mol. The molecule has 0 amide bonds. The fraction of sp³-hybridized carbons (Fsp3) is 0.625. The molecule has 0 atom stereocenters. The average Bonchev–Trinajstić information content (AvgIpc) is 2.18. The van der Waals surface area contributed by atoms with E-state index in [-0.39, 0.29) is 5.75 Å². The molecule has 1 fully saturated rings. The van der Waals surface area contributed by atoms with Crippen LogP contribution in [-0.4, -0.2) is 11.1 Å². The highest BCUT2D eigenvalue weighted by Crippen LogP contribution is 2.46. The van der Waals surface area contributed by atoms with Crippen LogP contribution in [0.1, 0.15) is 47.0 Å². The minimum absolute atomic E-state index is 0.136. The molecule has 0 bridgehead atoms. The first-order valence-electron chi connectivity index (χ1n) is 6.92. The van der Waals surface area contributed by atoms with Crippen LogP contribution in [0.5, 0.6) is 5.75 Å². The largest absolute Gasteiger partial charge is 0.506 e. The van der Waals surface area contributed by atoms with E-state index in [4.69, 9.17) is 11.6 Å². The van der Waals surface area contributed by atoms with Crippen LogP contribution >= 0.6 is 11.6 Å². The van der Waals surface area contributed by atoms with Gasteiger partial charge in [-0.1, -0.05) is 39.3 Å². The van der Waals surface area contributed by atoms with Gasteiger partial charge in [0, 0.05) is 11.7 Å². The molecule has 0 aliphatic heterocycles. The molecule has 1 aliphatic rings. The Morgan fingerprint density at radius 3 is 2.26 bits per heavy atom. The van der Waals surface area contributed by atoms with Gasteiger partial charge in [0.05, 0.1) is 5.02 Å². The van der Waals surface area contributed by atoms with Gasteiger partial charge in [0.25, 0.3) is 0 Å². The quantitative estimate of drug-likeness (QED) is 0.743. The van der Waals surface area contributed by atoms with E-state index < -0.39 is 0 Å². The lowest BCUT2D eigenvalue weighted by atomic mass is 9.63. The highest BCUT2D eigenvalue weighted by atomic mass is 35.5. The van der Waals surface area contributed by atoms with Crippen molar-refractivity contribution in [1.29, 1.82) is 0 Å². The fourth-order valence-electron chi connectivity index (χ4n) is 3.78. The summed E-state index contributed by atoms with van der Waals surface area (Å²) in [6.07, 6.45) is 3.58. The molecular weight excluding hydrogens is 258 g/mol. The second kappa shape index (κ2) is 4.90. The van der Waals surface area contributed by atoms with Gasteiger partial charge in [-0.2, -0.15) is 0 Å². The van der Waals surface area contributed by atoms with E-state index in [9.17, 15) is 5.11 Å². The summed E-state index contributed by atoms with van der Waals surface area (Å²) in [6.45, 7) is 9.36. The van der Waals surface area contributed by atoms with Crippen molar-refractivity contribution < 1.29 is 5.11 Å². The van der Waals surface area contributed by atoms with Gasteiger partial charge in [-0.05, 0) is 48.3 Å². The Hall–Kier alpha value is -0.890. The second-order valence-corrected chi connectivity index (χ2v) is 7.83. The number of benzene rings is 1. The van der Waals surface area contributed by atoms with Crippen LogP contribution < -0.4 is 5.32 Å². The fourth-order valence-corrected chi connectivity index (χ4v) is 3.96. The van der Waals surface area contributed by atoms with Crippen LogP contribution in [0.25, 0.3) is 0 Å². The summed E-state index contributed by atoms with van der Waals surface area (Å²) < 4.78 is 0. The summed E-state index contributed by atoms with van der Waals surface area (Å²) >= 11 is 5.95. The van der Waals surface area contributed by atoms with Crippen molar-refractivity contribution in [2.45, 2.75) is 53.0 Å². The van der Waals surface area contributed by atoms with Gasteiger partial charge in [-0.25, -0.2) is 0 Å². The lowest BCUT2D eigenvalue weighted by Gasteiger charge is -2.45. The molecule has 106 valence electrons. The number of anilines is 1. The van der Waals surface area contributed by atoms with Gasteiger partial charge in [0.2, 0.25) is 0 Å². The van der Waals surface area contributed by atoms with Gasteiger partial charge in [0.15, 0.2) is 0 Å². The Kier molecular flexibility index (Phi) is 3.74. The number of phenols is 1. The Morgan fingerprint density at radius 1 is 1.16 bits per heavy atom. The Labute approximate surface area is 121 Å². The third-order valence-electron chi connectivity index (χ3n) is 3.87. The van der Waals surface area contributed by atoms with Crippen molar-refractivity contribution in [3.63, 3.8) is 0 Å². The Balaban J connectivity index is 2.11. The number of phenolic OH excluding ortho intramolecular Hbond substituents is 1. The number of hydrogen-bond donors (Lipinski definition) is 2. The number of nitrogens with one attached hydrogen (secondary N) is 1. The maximum atomic E-state index is 9.46. The van der Waals surface area contributed by atoms with Crippen LogP contribution in [-0.2, 0) is 0 Å². The molecule has 1 aromatic carbocycles. The minimum Gasteiger partial charge on any atom is -0.506 e. The van der Waals surface area contributed by atoms with Crippen molar-refractivity contribution in [1.82, 2.24) is 0 Å². The summed E-state index contributed by atoms with van der Waals surface area (Å²) in [5, 5.41) is 13.4. The van der Waals surface area contributed by atoms with E-state index in [1.54, 1.807) is 12.1 Å². The van der Waals surface area contributed by atoms with Gasteiger partial charge in [-0.3, -0.25) is 0 Å². The second-order valence-electron chi connectivity index (χ2n) is 7.42. The lowest BCUT2D eigenvalue weighted by molar-refractivity contribution is 0.105. The van der Waals surface area contributed by atoms with Crippen LogP contribution in [0.15, 0.2) is 18.2 Å². The number of halogens is 1. The zero-order chi connectivity index (χ0) is 14.3. The molecule has 1 saturated carbocycles. The Bertz CT molecular complexity index is 452. The predicted octanol–water partition coefficient (Wildman–Crippen LogP) is 5.06. The molecule has 19 heavy (non-hydrogen) atoms. The van der Waals surface area contributed by atoms with Crippen molar-refractivity contribution in [3.8, 4) is 5.75 Å². The number of aromatic hydroxyl groups is 1. The number of hydrogen-bond acceptors (Lipinski definition) is 2. The van der Waals surface area contributed by atoms with Gasteiger partial charge >= 0.3 is 0 Å². The maximum absolute atomic E-state index is 9.46. The third kappa shape index (κ3) is 3.79. The van der Waals surface area contributed by atoms with Crippen LogP contribution in [0.3, 0.4) is 0 Å². The highest BCUT2D eigenvalue weighted by molar-refractivity contribution is 6.32. The Morgan fingerprint density at radius 2 is 1.74 bits per heavy atom. The predicted molar refractivity (Wildman–Crippen MR) is 81.9 cm³/mol. The molecule has 0 unspecified atom stereocenters. The summed E-state index contributed by atoms with van der Waals surface area (Å²) in [4.78, 5) is 0. The van der Waals surface area contributed by atoms with Gasteiger partial charge in [0.1, 0.15) is 5.75 Å². The van der Waals surface area contributed by atoms with Crippen molar-refractivity contribution >= 4 is 17.3 Å². The van der Waals surface area contributed by atoms with E-state index in [2.05, 4.69) is 33.0 Å². The molecule has 0 radical (unpaired) electrons. The van der Waals surface area contributed by atoms with Crippen molar-refractivity contribution in [2.24, 2.45) is 10.8 Å². The molecule has 2 N–H and O–H groups in total. The summed E-state index contributed by atoms with van der Waals surface area (Å²) in [5.41, 5.74) is 1.71. The molecule has 0 spiro atoms. The number of rotatable bonds is 2. The maximum Gasteiger partial charge on any atom is 0.134 e. The topological polar surface area (TPSA) is 32.3 Å². The highest BCUT2D eigenvalue weighted by Gasteiger charge is 2.38. The van der Waals surface area contributed by atoms with E-state index >= 15 is 0 Å². The molecule has 1 aromatic rings. The SMILES string of the molecule is CC1(C)CC(Nc2ccc(O)c(Cl)c2)CC(C)(C)C1. The molecule has 0 aromatic heterocycles. The van der Waals surface area contributed by atoms with E-state index in [1.807, 2.05) is 6.07 Å². The standard InChI is InChI=1S/C16H24ClNO/c1-15(2)8-12(9-16(3,4)10-15)18-11-5-6-14(19)13(17)7-11/h5-7,12,18-19H,8-10H2,1-4H3. The molecular formula is C16H24ClNO. The zero-order valence-corrected chi connectivity index (χ0v) is 13.0. The molecule has 0 heterocycles. The van der Waals surface area contributed by atoms with E-state index in [0.717, 1.165) is 18.5 Å². The molecule has 0 saturated heterocycles. The third-order valence-corrected chi connectivity index (χ3v) is 4.18. The van der Waals surface area contributed by atoms with Crippen LogP contribution in [0, 0.1) is 10.8 Å². The van der Waals surface area contributed by atoms with Crippen molar-refractivity contribution in [2.75, 3.05) is 5.32 Å². The first-order valence-corrected chi connectivity index (χ1v) is 7.30. The molecule has 2 nitrogen and oxygen atoms in total. The minimum atomic E-state index is 0.136. The normalized spacial score (nSPS) is 22.2. The van der Waals surface area contributed by atoms with Crippen LogP contribution in [0.4, 0.5) is 5.69 Å². The van der Waals surface area contributed by atoms with Crippen LogP contribution in [0.2, 0.25) is 5.02 Å². The van der Waals surface area contributed by atoms with E-state index in [0.29, 0.717) is 21.9 Å². The molecule has 3 heteroatoms. The smallest absolute Gasteiger partial charge is 0.134 e. The summed E-state index contributed by atoms with van der Waals surface area (Å²) in [6, 6.07) is 5.78. The average molecular weight is 282 g/mol.